The van der Waals surface area contributed by atoms with E-state index < -0.39 is 4.92 Å². The van der Waals surface area contributed by atoms with Crippen LogP contribution in [0.25, 0.3) is 0 Å². The second-order valence-corrected chi connectivity index (χ2v) is 4.18. The molecule has 0 unspecified atom stereocenters. The van der Waals surface area contributed by atoms with Gasteiger partial charge in [-0.1, -0.05) is 0 Å². The lowest BCUT2D eigenvalue weighted by Crippen LogP contribution is -2.11. The van der Waals surface area contributed by atoms with Crippen molar-refractivity contribution in [2.75, 3.05) is 11.9 Å². The number of hydrogen-bond acceptors (Lipinski definition) is 4. The fourth-order valence-corrected chi connectivity index (χ4v) is 1.66. The maximum absolute atomic E-state index is 11.1. The smallest absolute Gasteiger partial charge is 0.333 e. The molecule has 0 bridgehead atoms. The van der Waals surface area contributed by atoms with Crippen LogP contribution in [0.15, 0.2) is 0 Å². The zero-order valence-corrected chi connectivity index (χ0v) is 11.1. The molecule has 0 saturated carbocycles. The van der Waals surface area contributed by atoms with Crippen LogP contribution in [0, 0.1) is 28.9 Å². The quantitative estimate of drug-likeness (QED) is 0.377. The number of rotatable bonds is 5. The van der Waals surface area contributed by atoms with Crippen LogP contribution in [0.5, 0.6) is 0 Å². The minimum absolute atomic E-state index is 0.0492. The standard InChI is InChI=1S/C12H18N4O2/c1-5-6-7-8-13-12-11(16(17)18)10(4)14-15(12)9(2)3/h9,13H,7-8H2,1-4H3. The van der Waals surface area contributed by atoms with Gasteiger partial charge in [-0.25, -0.2) is 4.68 Å². The first kappa shape index (κ1) is 14.0. The summed E-state index contributed by atoms with van der Waals surface area (Å²) in [4.78, 5) is 10.7. The average Bonchev–Trinajstić information content (AvgIpc) is 2.62. The first-order valence-corrected chi connectivity index (χ1v) is 5.86. The Bertz CT molecular complexity index is 494. The van der Waals surface area contributed by atoms with Crippen LogP contribution in [-0.2, 0) is 0 Å². The van der Waals surface area contributed by atoms with Gasteiger partial charge in [0, 0.05) is 19.0 Å². The molecule has 6 heteroatoms. The SMILES string of the molecule is CC#CCCNc1c([N+](=O)[O-])c(C)nn1C(C)C. The van der Waals surface area contributed by atoms with Crippen molar-refractivity contribution < 1.29 is 4.92 Å². The predicted molar refractivity (Wildman–Crippen MR) is 70.6 cm³/mol. The molecule has 1 rings (SSSR count). The monoisotopic (exact) mass is 250 g/mol. The molecule has 18 heavy (non-hydrogen) atoms. The second-order valence-electron chi connectivity index (χ2n) is 4.18. The molecule has 0 spiro atoms. The molecule has 0 aliphatic heterocycles. The third-order valence-electron chi connectivity index (χ3n) is 2.44. The molecule has 0 fully saturated rings. The Hall–Kier alpha value is -2.03. The Morgan fingerprint density at radius 1 is 1.56 bits per heavy atom. The van der Waals surface area contributed by atoms with Crippen molar-refractivity contribution >= 4 is 11.5 Å². The van der Waals surface area contributed by atoms with Crippen molar-refractivity contribution in [2.24, 2.45) is 0 Å². The lowest BCUT2D eigenvalue weighted by molar-refractivity contribution is -0.384. The van der Waals surface area contributed by atoms with E-state index in [1.165, 1.54) is 0 Å². The van der Waals surface area contributed by atoms with Crippen molar-refractivity contribution in [3.8, 4) is 11.8 Å². The van der Waals surface area contributed by atoms with E-state index in [9.17, 15) is 10.1 Å². The topological polar surface area (TPSA) is 73.0 Å². The molecule has 6 nitrogen and oxygen atoms in total. The fourth-order valence-electron chi connectivity index (χ4n) is 1.66. The molecular weight excluding hydrogens is 232 g/mol. The molecule has 0 saturated heterocycles. The maximum atomic E-state index is 11.1. The number of nitrogens with one attached hydrogen (secondary N) is 1. The van der Waals surface area contributed by atoms with Crippen LogP contribution in [0.2, 0.25) is 0 Å². The van der Waals surface area contributed by atoms with E-state index in [0.29, 0.717) is 24.5 Å². The first-order chi connectivity index (χ1) is 8.49. The Morgan fingerprint density at radius 3 is 2.72 bits per heavy atom. The van der Waals surface area contributed by atoms with E-state index >= 15 is 0 Å². The van der Waals surface area contributed by atoms with Crippen molar-refractivity contribution in [1.82, 2.24) is 9.78 Å². The molecule has 0 radical (unpaired) electrons. The summed E-state index contributed by atoms with van der Waals surface area (Å²) >= 11 is 0. The van der Waals surface area contributed by atoms with Gasteiger partial charge in [0.05, 0.1) is 4.92 Å². The van der Waals surface area contributed by atoms with Crippen LogP contribution in [-0.4, -0.2) is 21.2 Å². The third kappa shape index (κ3) is 3.00. The molecular formula is C12H18N4O2. The lowest BCUT2D eigenvalue weighted by Gasteiger charge is -2.10. The number of aromatic nitrogens is 2. The van der Waals surface area contributed by atoms with Gasteiger partial charge in [-0.3, -0.25) is 10.1 Å². The zero-order chi connectivity index (χ0) is 13.7. The van der Waals surface area contributed by atoms with Gasteiger partial charge in [-0.2, -0.15) is 5.10 Å². The highest BCUT2D eigenvalue weighted by Crippen LogP contribution is 2.30. The zero-order valence-electron chi connectivity index (χ0n) is 11.1. The number of anilines is 1. The van der Waals surface area contributed by atoms with Gasteiger partial charge < -0.3 is 5.32 Å². The third-order valence-corrected chi connectivity index (χ3v) is 2.44. The highest BCUT2D eigenvalue weighted by Gasteiger charge is 2.25. The summed E-state index contributed by atoms with van der Waals surface area (Å²) < 4.78 is 1.65. The second kappa shape index (κ2) is 6.05. The van der Waals surface area contributed by atoms with Gasteiger partial charge in [0.1, 0.15) is 5.69 Å². The van der Waals surface area contributed by atoms with E-state index in [-0.39, 0.29) is 11.7 Å². The maximum Gasteiger partial charge on any atom is 0.333 e. The van der Waals surface area contributed by atoms with E-state index in [4.69, 9.17) is 0 Å². The van der Waals surface area contributed by atoms with Gasteiger partial charge in [0.15, 0.2) is 0 Å². The molecule has 98 valence electrons. The summed E-state index contributed by atoms with van der Waals surface area (Å²) in [5, 5.41) is 18.3. The molecule has 0 aliphatic rings. The normalized spacial score (nSPS) is 10.1. The largest absolute Gasteiger partial charge is 0.364 e. The highest BCUT2D eigenvalue weighted by atomic mass is 16.6. The molecule has 0 atom stereocenters. The summed E-state index contributed by atoms with van der Waals surface area (Å²) in [5.74, 6) is 6.16. The Morgan fingerprint density at radius 2 is 2.22 bits per heavy atom. The molecule has 0 aromatic carbocycles. The van der Waals surface area contributed by atoms with Crippen LogP contribution in [0.4, 0.5) is 11.5 Å². The molecule has 0 aliphatic carbocycles. The van der Waals surface area contributed by atoms with Crippen molar-refractivity contribution in [3.05, 3.63) is 15.8 Å². The summed E-state index contributed by atoms with van der Waals surface area (Å²) in [7, 11) is 0. The minimum atomic E-state index is -0.394. The Kier molecular flexibility index (Phi) is 4.72. The average molecular weight is 250 g/mol. The van der Waals surface area contributed by atoms with Crippen molar-refractivity contribution in [1.29, 1.82) is 0 Å². The van der Waals surface area contributed by atoms with Gasteiger partial charge in [0.2, 0.25) is 5.82 Å². The van der Waals surface area contributed by atoms with Gasteiger partial charge >= 0.3 is 5.69 Å². The number of aryl methyl sites for hydroxylation is 1. The molecule has 1 aromatic heterocycles. The summed E-state index contributed by atoms with van der Waals surface area (Å²) in [6.07, 6.45) is 0.649. The van der Waals surface area contributed by atoms with Gasteiger partial charge in [0.25, 0.3) is 0 Å². The lowest BCUT2D eigenvalue weighted by atomic mass is 10.3. The molecule has 1 aromatic rings. The molecule has 1 N–H and O–H groups in total. The highest BCUT2D eigenvalue weighted by molar-refractivity contribution is 5.59. The minimum Gasteiger partial charge on any atom is -0.364 e. The summed E-state index contributed by atoms with van der Waals surface area (Å²) in [6.45, 7) is 7.86. The Balaban J connectivity index is 3.03. The van der Waals surface area contributed by atoms with Crippen molar-refractivity contribution in [2.45, 2.75) is 40.2 Å². The molecule has 0 amide bonds. The van der Waals surface area contributed by atoms with Crippen LogP contribution in [0.1, 0.15) is 38.9 Å². The van der Waals surface area contributed by atoms with Crippen molar-refractivity contribution in [3.63, 3.8) is 0 Å². The Labute approximate surface area is 107 Å². The fraction of sp³-hybridized carbons (Fsp3) is 0.583. The van der Waals surface area contributed by atoms with E-state index in [1.54, 1.807) is 18.5 Å². The number of hydrogen-bond donors (Lipinski definition) is 1. The van der Waals surface area contributed by atoms with Crippen LogP contribution < -0.4 is 5.32 Å². The van der Waals surface area contributed by atoms with Crippen LogP contribution >= 0.6 is 0 Å². The number of nitrogens with zero attached hydrogens (tertiary/aromatic N) is 3. The van der Waals surface area contributed by atoms with E-state index in [2.05, 4.69) is 22.3 Å². The first-order valence-electron chi connectivity index (χ1n) is 5.86. The predicted octanol–water partition coefficient (Wildman–Crippen LogP) is 2.51. The van der Waals surface area contributed by atoms with Crippen LogP contribution in [0.3, 0.4) is 0 Å². The summed E-state index contributed by atoms with van der Waals surface area (Å²) in [6, 6.07) is 0.0668. The summed E-state index contributed by atoms with van der Waals surface area (Å²) in [5.41, 5.74) is 0.478. The van der Waals surface area contributed by atoms with E-state index in [1.807, 2.05) is 13.8 Å². The molecule has 1 heterocycles. The van der Waals surface area contributed by atoms with Gasteiger partial charge in [-0.05, 0) is 27.7 Å². The van der Waals surface area contributed by atoms with E-state index in [0.717, 1.165) is 0 Å². The number of nitro groups is 1. The van der Waals surface area contributed by atoms with Gasteiger partial charge in [-0.15, -0.1) is 11.8 Å².